The van der Waals surface area contributed by atoms with E-state index >= 15 is 0 Å². The van der Waals surface area contributed by atoms with Crippen molar-refractivity contribution in [3.05, 3.63) is 95.0 Å². The summed E-state index contributed by atoms with van der Waals surface area (Å²) in [4.78, 5) is 27.7. The number of carbonyl (C=O) groups excluding carboxylic acids is 2. The van der Waals surface area contributed by atoms with Crippen LogP contribution in [0.1, 0.15) is 62.1 Å². The fourth-order valence-corrected chi connectivity index (χ4v) is 4.14. The summed E-state index contributed by atoms with van der Waals surface area (Å²) in [6.45, 7) is 8.18. The van der Waals surface area contributed by atoms with Crippen molar-refractivity contribution >= 4 is 17.4 Å². The predicted molar refractivity (Wildman–Crippen MR) is 129 cm³/mol. The Bertz CT molecular complexity index is 1190. The van der Waals surface area contributed by atoms with Crippen LogP contribution in [-0.2, 0) is 16.1 Å². The Kier molecular flexibility index (Phi) is 6.59. The number of carbonyl (C=O) groups is 2. The van der Waals surface area contributed by atoms with E-state index in [-0.39, 0.29) is 24.0 Å². The maximum absolute atomic E-state index is 13.2. The molecule has 1 amide bonds. The fraction of sp³-hybridized carbons (Fsp3) is 0.286. The van der Waals surface area contributed by atoms with Crippen LogP contribution in [0.4, 0.5) is 0 Å². The van der Waals surface area contributed by atoms with Gasteiger partial charge >= 0.3 is 0 Å². The van der Waals surface area contributed by atoms with Gasteiger partial charge in [0.15, 0.2) is 0 Å². The second-order valence-electron chi connectivity index (χ2n) is 9.02. The number of benzene rings is 2. The van der Waals surface area contributed by atoms with Crippen molar-refractivity contribution in [3.63, 3.8) is 0 Å². The van der Waals surface area contributed by atoms with Crippen molar-refractivity contribution in [3.8, 4) is 5.75 Å². The maximum Gasteiger partial charge on any atom is 0.296 e. The lowest BCUT2D eigenvalue weighted by atomic mass is 9.93. The molecule has 2 heterocycles. The lowest BCUT2D eigenvalue weighted by molar-refractivity contribution is -0.140. The molecule has 4 rings (SSSR count). The third-order valence-electron chi connectivity index (χ3n) is 5.86. The van der Waals surface area contributed by atoms with E-state index in [1.807, 2.05) is 38.1 Å². The highest BCUT2D eigenvalue weighted by atomic mass is 16.5. The fourth-order valence-electron chi connectivity index (χ4n) is 4.14. The maximum atomic E-state index is 13.2. The summed E-state index contributed by atoms with van der Waals surface area (Å²) in [7, 11) is 0. The topological polar surface area (TPSA) is 80.0 Å². The van der Waals surface area contributed by atoms with Gasteiger partial charge in [-0.3, -0.25) is 9.59 Å². The molecule has 6 nitrogen and oxygen atoms in total. The largest absolute Gasteiger partial charge is 0.507 e. The zero-order chi connectivity index (χ0) is 24.4. The van der Waals surface area contributed by atoms with Gasteiger partial charge in [0, 0.05) is 5.56 Å². The van der Waals surface area contributed by atoms with Crippen LogP contribution >= 0.6 is 0 Å². The highest BCUT2D eigenvalue weighted by molar-refractivity contribution is 6.46. The van der Waals surface area contributed by atoms with Crippen molar-refractivity contribution < 1.29 is 23.8 Å². The highest BCUT2D eigenvalue weighted by Gasteiger charge is 2.46. The van der Waals surface area contributed by atoms with Crippen molar-refractivity contribution in [2.45, 2.75) is 52.3 Å². The minimum absolute atomic E-state index is 0.0141. The summed E-state index contributed by atoms with van der Waals surface area (Å²) in [6.07, 6.45) is 1.54. The van der Waals surface area contributed by atoms with Crippen LogP contribution in [0.25, 0.3) is 5.76 Å². The van der Waals surface area contributed by atoms with Gasteiger partial charge in [-0.2, -0.15) is 0 Å². The minimum atomic E-state index is -0.738. The average molecular weight is 460 g/mol. The van der Waals surface area contributed by atoms with Crippen molar-refractivity contribution in [2.24, 2.45) is 0 Å². The van der Waals surface area contributed by atoms with Gasteiger partial charge in [-0.15, -0.1) is 0 Å². The zero-order valence-electron chi connectivity index (χ0n) is 19.8. The SMILES string of the molecule is CC(C)Oc1ccc(/C(O)=C2/C(=O)C(=O)N(Cc3ccco3)C2c2ccc(C(C)C)cc2)cc1. The standard InChI is InChI=1S/C28H29NO5/c1-17(2)19-7-9-20(10-8-19)25-24(26(30)21-11-13-22(14-12-21)34-18(3)4)27(31)28(32)29(25)16-23-6-5-15-33-23/h5-15,17-18,25,30H,16H2,1-4H3/b26-24-. The monoisotopic (exact) mass is 459 g/mol. The van der Waals surface area contributed by atoms with E-state index in [1.165, 1.54) is 11.2 Å². The molecule has 0 saturated carbocycles. The van der Waals surface area contributed by atoms with E-state index in [0.29, 0.717) is 23.0 Å². The van der Waals surface area contributed by atoms with Gasteiger partial charge in [-0.1, -0.05) is 38.1 Å². The van der Waals surface area contributed by atoms with Crippen molar-refractivity contribution in [1.82, 2.24) is 4.90 Å². The molecule has 176 valence electrons. The molecular formula is C28H29NO5. The summed E-state index contributed by atoms with van der Waals surface area (Å²) >= 11 is 0. The molecule has 0 bridgehead atoms. The normalized spacial score (nSPS) is 17.7. The number of rotatable bonds is 7. The Morgan fingerprint density at radius 1 is 1.00 bits per heavy atom. The van der Waals surface area contributed by atoms with Gasteiger partial charge in [0.1, 0.15) is 17.3 Å². The molecule has 6 heteroatoms. The van der Waals surface area contributed by atoms with Crippen LogP contribution in [-0.4, -0.2) is 27.8 Å². The van der Waals surface area contributed by atoms with Crippen LogP contribution < -0.4 is 4.74 Å². The first-order chi connectivity index (χ1) is 16.3. The third kappa shape index (κ3) is 4.62. The molecule has 2 aromatic carbocycles. The second kappa shape index (κ2) is 9.59. The molecule has 0 radical (unpaired) electrons. The van der Waals surface area contributed by atoms with E-state index in [1.54, 1.807) is 36.4 Å². The van der Waals surface area contributed by atoms with Gasteiger partial charge in [0.05, 0.1) is 30.5 Å². The molecule has 1 atom stereocenters. The number of furan rings is 1. The van der Waals surface area contributed by atoms with E-state index in [2.05, 4.69) is 13.8 Å². The number of nitrogens with zero attached hydrogens (tertiary/aromatic N) is 1. The quantitative estimate of drug-likeness (QED) is 0.274. The summed E-state index contributed by atoms with van der Waals surface area (Å²) in [5.41, 5.74) is 2.39. The van der Waals surface area contributed by atoms with Crippen LogP contribution in [0.3, 0.4) is 0 Å². The summed E-state index contributed by atoms with van der Waals surface area (Å²) in [5, 5.41) is 11.2. The molecule has 1 fully saturated rings. The average Bonchev–Trinajstić information content (AvgIpc) is 3.41. The lowest BCUT2D eigenvalue weighted by Crippen LogP contribution is -2.29. The molecule has 1 aliphatic rings. The van der Waals surface area contributed by atoms with Gasteiger partial charge in [-0.05, 0) is 67.3 Å². The first-order valence-corrected chi connectivity index (χ1v) is 11.4. The second-order valence-corrected chi connectivity index (χ2v) is 9.02. The number of aliphatic hydroxyl groups excluding tert-OH is 1. The van der Waals surface area contributed by atoms with Crippen LogP contribution in [0.2, 0.25) is 0 Å². The molecular weight excluding hydrogens is 430 g/mol. The molecule has 1 saturated heterocycles. The number of likely N-dealkylation sites (tertiary alicyclic amines) is 1. The third-order valence-corrected chi connectivity index (χ3v) is 5.86. The number of ether oxygens (including phenoxy) is 1. The first-order valence-electron chi connectivity index (χ1n) is 11.4. The summed E-state index contributed by atoms with van der Waals surface area (Å²) in [6, 6.07) is 17.4. The van der Waals surface area contributed by atoms with Gasteiger partial charge < -0.3 is 19.2 Å². The molecule has 1 unspecified atom stereocenters. The Morgan fingerprint density at radius 3 is 2.24 bits per heavy atom. The molecule has 0 spiro atoms. The number of hydrogen-bond donors (Lipinski definition) is 1. The summed E-state index contributed by atoms with van der Waals surface area (Å²) < 4.78 is 11.1. The molecule has 34 heavy (non-hydrogen) atoms. The molecule has 1 N–H and O–H groups in total. The molecule has 3 aromatic rings. The van der Waals surface area contributed by atoms with Crippen molar-refractivity contribution in [1.29, 1.82) is 0 Å². The first kappa shape index (κ1) is 23.4. The zero-order valence-corrected chi connectivity index (χ0v) is 19.8. The van der Waals surface area contributed by atoms with Crippen molar-refractivity contribution in [2.75, 3.05) is 0 Å². The van der Waals surface area contributed by atoms with E-state index < -0.39 is 17.7 Å². The highest BCUT2D eigenvalue weighted by Crippen LogP contribution is 2.40. The van der Waals surface area contributed by atoms with Gasteiger partial charge in [-0.25, -0.2) is 0 Å². The van der Waals surface area contributed by atoms with Gasteiger partial charge in [0.2, 0.25) is 0 Å². The molecule has 1 aromatic heterocycles. The van der Waals surface area contributed by atoms with Crippen LogP contribution in [0.5, 0.6) is 5.75 Å². The number of hydrogen-bond acceptors (Lipinski definition) is 5. The van der Waals surface area contributed by atoms with Gasteiger partial charge in [0.25, 0.3) is 11.7 Å². The predicted octanol–water partition coefficient (Wildman–Crippen LogP) is 5.81. The number of ketones is 1. The van der Waals surface area contributed by atoms with Crippen LogP contribution in [0, 0.1) is 0 Å². The van der Waals surface area contributed by atoms with E-state index in [0.717, 1.165) is 11.1 Å². The smallest absolute Gasteiger partial charge is 0.296 e. The lowest BCUT2D eigenvalue weighted by Gasteiger charge is -2.25. The van der Waals surface area contributed by atoms with Crippen LogP contribution in [0.15, 0.2) is 76.9 Å². The Balaban J connectivity index is 1.79. The van der Waals surface area contributed by atoms with E-state index in [4.69, 9.17) is 9.15 Å². The Labute approximate surface area is 199 Å². The van der Waals surface area contributed by atoms with E-state index in [9.17, 15) is 14.7 Å². The number of amides is 1. The summed E-state index contributed by atoms with van der Waals surface area (Å²) in [5.74, 6) is -0.0453. The minimum Gasteiger partial charge on any atom is -0.507 e. The molecule has 0 aliphatic carbocycles. The Morgan fingerprint density at radius 2 is 1.68 bits per heavy atom. The Hall–Kier alpha value is -3.80. The number of aliphatic hydroxyl groups is 1. The molecule has 1 aliphatic heterocycles. The number of Topliss-reactive ketones (excluding diaryl/α,β-unsaturated/α-hetero) is 1.